The van der Waals surface area contributed by atoms with Gasteiger partial charge >= 0.3 is 17.9 Å². The fourth-order valence-electron chi connectivity index (χ4n) is 9.44. The van der Waals surface area contributed by atoms with Gasteiger partial charge in [0, 0.05) is 76.5 Å². The molecule has 2 N–H and O–H groups in total. The first-order valence-corrected chi connectivity index (χ1v) is 22.1. The van der Waals surface area contributed by atoms with Gasteiger partial charge < -0.3 is 57.7 Å². The van der Waals surface area contributed by atoms with Crippen molar-refractivity contribution in [2.24, 2.45) is 17.8 Å². The van der Waals surface area contributed by atoms with E-state index in [1.54, 1.807) is 92.6 Å². The number of likely N-dealkylation sites (N-methyl/N-ethyl adjacent to an activating group) is 1. The van der Waals surface area contributed by atoms with Crippen LogP contribution >= 0.6 is 0 Å². The average molecular weight is 1120 g/mol. The van der Waals surface area contributed by atoms with Crippen molar-refractivity contribution in [2.75, 3.05) is 34.9 Å². The zero-order valence-electron chi connectivity index (χ0n) is 40.2. The second-order valence-electron chi connectivity index (χ2n) is 18.6. The second-order valence-corrected chi connectivity index (χ2v) is 18.6. The van der Waals surface area contributed by atoms with Crippen LogP contribution in [-0.2, 0) is 57.0 Å². The normalized spacial score (nSPS) is 40.0. The van der Waals surface area contributed by atoms with Gasteiger partial charge in [-0.3, -0.25) is 9.59 Å². The molecule has 0 bridgehead atoms. The Morgan fingerprint density at radius 1 is 0.938 bits per heavy atom. The van der Waals surface area contributed by atoms with E-state index < -0.39 is 102 Å². The molecule has 0 aliphatic carbocycles. The molecule has 4 rings (SSSR count). The molecular formula is C47H73AcNO15. The SMILES string of the molecule is CC[C@H]1OC(=O)[C@H](C)[C@@H](O[C@H]2C[C@@](C)(OC)[C@@H](O)[C@H](C)O2)[C@H](C)[C@@H](OC2O[C@H](C)C[C@H](N(C)C)[C@H]2OC(=O)c2ccccc2)[C@](C)(O)C[C@@H](C)C(=O)/C(C)=C/[C@]1(C)OC(=O)COC.[Ac]. The number of methoxy groups -OCH3 is 2. The van der Waals surface area contributed by atoms with Gasteiger partial charge in [-0.1, -0.05) is 39.0 Å². The van der Waals surface area contributed by atoms with Gasteiger partial charge in [-0.15, -0.1) is 0 Å². The quantitative estimate of drug-likeness (QED) is 0.214. The fourth-order valence-corrected chi connectivity index (χ4v) is 9.44. The Morgan fingerprint density at radius 2 is 1.58 bits per heavy atom. The van der Waals surface area contributed by atoms with Crippen LogP contribution in [0.5, 0.6) is 0 Å². The van der Waals surface area contributed by atoms with Crippen LogP contribution in [0, 0.1) is 61.8 Å². The van der Waals surface area contributed by atoms with Crippen molar-refractivity contribution < 1.29 is 116 Å². The third-order valence-corrected chi connectivity index (χ3v) is 13.0. The molecule has 1 aromatic rings. The monoisotopic (exact) mass is 1120 g/mol. The van der Waals surface area contributed by atoms with Crippen molar-refractivity contribution in [1.29, 1.82) is 0 Å². The van der Waals surface area contributed by atoms with E-state index >= 15 is 0 Å². The summed E-state index contributed by atoms with van der Waals surface area (Å²) >= 11 is 0. The number of carbonyl (C=O) groups excluding carboxylic acids is 4. The van der Waals surface area contributed by atoms with Gasteiger partial charge in [-0.05, 0) is 106 Å². The summed E-state index contributed by atoms with van der Waals surface area (Å²) in [5.41, 5.74) is -4.01. The van der Waals surface area contributed by atoms with Crippen molar-refractivity contribution in [2.45, 2.75) is 173 Å². The third kappa shape index (κ3) is 13.6. The zero-order valence-corrected chi connectivity index (χ0v) is 45.0. The Labute approximate surface area is 415 Å². The van der Waals surface area contributed by atoms with Crippen molar-refractivity contribution in [3.05, 3.63) is 47.5 Å². The molecule has 16 atom stereocenters. The van der Waals surface area contributed by atoms with Gasteiger partial charge in [-0.2, -0.15) is 0 Å². The number of carbonyl (C=O) groups is 4. The van der Waals surface area contributed by atoms with E-state index in [4.69, 9.17) is 42.6 Å². The Balaban J connectivity index is 0.0000109. The van der Waals surface area contributed by atoms with Crippen LogP contribution in [0.15, 0.2) is 42.0 Å². The van der Waals surface area contributed by atoms with E-state index in [2.05, 4.69) is 0 Å². The number of cyclic esters (lactones) is 1. The largest absolute Gasteiger partial charge is 0.457 e. The van der Waals surface area contributed by atoms with Crippen LogP contribution in [0.1, 0.15) is 105 Å². The van der Waals surface area contributed by atoms with E-state index in [0.717, 1.165) is 0 Å². The smallest absolute Gasteiger partial charge is 0.338 e. The number of rotatable bonds is 12. The number of allylic oxidation sites excluding steroid dienone is 1. The van der Waals surface area contributed by atoms with Crippen LogP contribution in [0.4, 0.5) is 0 Å². The van der Waals surface area contributed by atoms with Gasteiger partial charge in [0.15, 0.2) is 30.1 Å². The molecule has 0 aromatic heterocycles. The van der Waals surface area contributed by atoms with Crippen molar-refractivity contribution in [3.63, 3.8) is 0 Å². The first-order chi connectivity index (χ1) is 29.4. The summed E-state index contributed by atoms with van der Waals surface area (Å²) in [4.78, 5) is 57.5. The molecule has 2 fully saturated rings. The Morgan fingerprint density at radius 3 is 2.16 bits per heavy atom. The predicted octanol–water partition coefficient (Wildman–Crippen LogP) is 4.80. The molecule has 0 spiro atoms. The first-order valence-electron chi connectivity index (χ1n) is 22.1. The standard InChI is InChI=1S/C47H73NO15.Ac/c1-15-34-46(9,63-35(49)25-55-13)23-27(3)37(50)26(2)22-45(8,54)41(29(5)38(30(6)42(52)59-34)60-36-24-47(10,56-14)40(51)31(7)58-36)62-44-39(33(48(11)12)21-28(4)57-44)61-43(53)32-19-17-16-18-20-32;/h16-20,23,26,28-31,33-34,36,38-41,44,51,54H,15,21-22,24-25H2,1-14H3;/b27-23+;/t26-,28-,29+,30-,31+,33+,34-,36+,38+,39-,40+,41-,44?,45-,46+,47-;/m1./s1. The number of ketones is 1. The molecule has 359 valence electrons. The van der Waals surface area contributed by atoms with E-state index in [9.17, 15) is 29.4 Å². The number of esters is 3. The van der Waals surface area contributed by atoms with Gasteiger partial charge in [0.1, 0.15) is 18.8 Å². The number of aliphatic hydroxyl groups is 2. The predicted molar refractivity (Wildman–Crippen MR) is 230 cm³/mol. The van der Waals surface area contributed by atoms with Gasteiger partial charge in [0.05, 0.1) is 53.1 Å². The minimum atomic E-state index is -1.85. The number of nitrogens with zero attached hydrogens (tertiary/aromatic N) is 1. The maximum absolute atomic E-state index is 14.6. The molecule has 0 amide bonds. The van der Waals surface area contributed by atoms with Crippen molar-refractivity contribution >= 4 is 23.7 Å². The van der Waals surface area contributed by atoms with Gasteiger partial charge in [0.25, 0.3) is 0 Å². The molecule has 3 aliphatic heterocycles. The summed E-state index contributed by atoms with van der Waals surface area (Å²) in [5, 5.41) is 23.9. The van der Waals surface area contributed by atoms with Gasteiger partial charge in [0.2, 0.25) is 0 Å². The Hall–Kier alpha value is -1.88. The number of ether oxygens (including phenoxy) is 9. The van der Waals surface area contributed by atoms with E-state index in [1.807, 2.05) is 25.9 Å². The van der Waals surface area contributed by atoms with Crippen molar-refractivity contribution in [3.8, 4) is 0 Å². The summed E-state index contributed by atoms with van der Waals surface area (Å²) in [5.74, 6) is -5.27. The molecule has 2 saturated heterocycles. The number of Topliss-reactive ketones (excluding diaryl/α,β-unsaturated/α-hetero) is 1. The molecule has 1 aromatic carbocycles. The summed E-state index contributed by atoms with van der Waals surface area (Å²) in [6, 6.07) is 8.17. The summed E-state index contributed by atoms with van der Waals surface area (Å²) in [6.45, 7) is 16.4. The number of aliphatic hydroxyl groups excluding tert-OH is 1. The summed E-state index contributed by atoms with van der Waals surface area (Å²) in [7, 11) is 6.56. The molecule has 64 heavy (non-hydrogen) atoms. The second kappa shape index (κ2) is 23.9. The molecule has 3 aliphatic rings. The fraction of sp³-hybridized carbons (Fsp3) is 0.745. The minimum absolute atomic E-state index is 0. The zero-order chi connectivity index (χ0) is 47.2. The maximum Gasteiger partial charge on any atom is 0.338 e. The number of hydrogen-bond acceptors (Lipinski definition) is 16. The molecule has 17 heteroatoms. The van der Waals surface area contributed by atoms with E-state index in [1.165, 1.54) is 20.3 Å². The Bertz CT molecular complexity index is 1740. The van der Waals surface area contributed by atoms with Crippen molar-refractivity contribution in [1.82, 2.24) is 4.90 Å². The minimum Gasteiger partial charge on any atom is -0.457 e. The first kappa shape index (κ1) is 56.4. The molecule has 1 unspecified atom stereocenters. The van der Waals surface area contributed by atoms with Crippen LogP contribution in [0.25, 0.3) is 0 Å². The average Bonchev–Trinajstić information content (AvgIpc) is 3.22. The van der Waals surface area contributed by atoms with Gasteiger partial charge in [-0.25, -0.2) is 9.59 Å². The molecule has 1 radical (unpaired) electrons. The summed E-state index contributed by atoms with van der Waals surface area (Å²) in [6.07, 6.45) is -6.81. The maximum atomic E-state index is 14.6. The number of hydrogen-bond donors (Lipinski definition) is 2. The Kier molecular flexibility index (Phi) is 21.1. The summed E-state index contributed by atoms with van der Waals surface area (Å²) < 4.78 is 55.6. The molecular weight excluding hydrogens is 1050 g/mol. The molecule has 0 saturated carbocycles. The van der Waals surface area contributed by atoms with Crippen LogP contribution in [-0.4, -0.2) is 152 Å². The van der Waals surface area contributed by atoms with Crippen LogP contribution in [0.3, 0.4) is 0 Å². The van der Waals surface area contributed by atoms with E-state index in [-0.39, 0.29) is 93.4 Å². The van der Waals surface area contributed by atoms with Crippen LogP contribution in [0.2, 0.25) is 0 Å². The molecule has 3 heterocycles. The number of benzene rings is 1. The van der Waals surface area contributed by atoms with E-state index in [0.29, 0.717) is 12.0 Å². The third-order valence-electron chi connectivity index (χ3n) is 13.0. The molecule has 16 nitrogen and oxygen atoms in total. The van der Waals surface area contributed by atoms with Crippen LogP contribution < -0.4 is 0 Å². The topological polar surface area (TPSA) is 195 Å².